The summed E-state index contributed by atoms with van der Waals surface area (Å²) in [5.41, 5.74) is 2.76. The Morgan fingerprint density at radius 1 is 1.24 bits per heavy atom. The summed E-state index contributed by atoms with van der Waals surface area (Å²) in [5, 5.41) is 4.45. The SMILES string of the molecule is Cc1cc(OCCOC(=O)CCn2cnc3c(cnn3C)c2=O)ccc1C(C)C. The fourth-order valence-corrected chi connectivity index (χ4v) is 3.21. The molecular formula is C21H26N4O4. The highest BCUT2D eigenvalue weighted by atomic mass is 16.6. The lowest BCUT2D eigenvalue weighted by atomic mass is 9.98. The predicted molar refractivity (Wildman–Crippen MR) is 109 cm³/mol. The molecule has 0 spiro atoms. The highest BCUT2D eigenvalue weighted by molar-refractivity contribution is 5.73. The third-order valence-corrected chi connectivity index (χ3v) is 4.75. The Morgan fingerprint density at radius 3 is 2.76 bits per heavy atom. The second-order valence-electron chi connectivity index (χ2n) is 7.24. The summed E-state index contributed by atoms with van der Waals surface area (Å²) in [5.74, 6) is 0.829. The number of fused-ring (bicyclic) bond motifs is 1. The van der Waals surface area contributed by atoms with Crippen molar-refractivity contribution in [3.63, 3.8) is 0 Å². The van der Waals surface area contributed by atoms with Crippen LogP contribution < -0.4 is 10.3 Å². The van der Waals surface area contributed by atoms with E-state index in [0.29, 0.717) is 17.0 Å². The molecule has 8 nitrogen and oxygen atoms in total. The van der Waals surface area contributed by atoms with E-state index in [1.807, 2.05) is 12.1 Å². The van der Waals surface area contributed by atoms with Gasteiger partial charge in [-0.2, -0.15) is 5.10 Å². The van der Waals surface area contributed by atoms with Crippen molar-refractivity contribution >= 4 is 17.0 Å². The van der Waals surface area contributed by atoms with E-state index in [-0.39, 0.29) is 31.7 Å². The predicted octanol–water partition coefficient (Wildman–Crippen LogP) is 2.57. The number of aromatic nitrogens is 4. The van der Waals surface area contributed by atoms with E-state index >= 15 is 0 Å². The number of rotatable bonds is 8. The van der Waals surface area contributed by atoms with Crippen LogP contribution in [0.5, 0.6) is 5.75 Å². The van der Waals surface area contributed by atoms with Crippen LogP contribution in [0.15, 0.2) is 35.5 Å². The molecule has 2 heterocycles. The zero-order chi connectivity index (χ0) is 21.0. The molecule has 2 aromatic heterocycles. The van der Waals surface area contributed by atoms with Crippen LogP contribution >= 0.6 is 0 Å². The van der Waals surface area contributed by atoms with E-state index in [2.05, 4.69) is 36.9 Å². The minimum absolute atomic E-state index is 0.0789. The first kappa shape index (κ1) is 20.6. The maximum Gasteiger partial charge on any atom is 0.307 e. The van der Waals surface area contributed by atoms with Crippen LogP contribution in [0.3, 0.4) is 0 Å². The quantitative estimate of drug-likeness (QED) is 0.428. The van der Waals surface area contributed by atoms with E-state index in [1.165, 1.54) is 32.9 Å². The summed E-state index contributed by atoms with van der Waals surface area (Å²) in [6.45, 7) is 6.99. The number of hydrogen-bond donors (Lipinski definition) is 0. The van der Waals surface area contributed by atoms with Crippen molar-refractivity contribution in [2.75, 3.05) is 13.2 Å². The van der Waals surface area contributed by atoms with E-state index in [1.54, 1.807) is 7.05 Å². The first-order valence-electron chi connectivity index (χ1n) is 9.63. The molecule has 0 fully saturated rings. The highest BCUT2D eigenvalue weighted by Gasteiger charge is 2.10. The van der Waals surface area contributed by atoms with Crippen molar-refractivity contribution < 1.29 is 14.3 Å². The number of carbonyl (C=O) groups excluding carboxylic acids is 1. The minimum Gasteiger partial charge on any atom is -0.490 e. The van der Waals surface area contributed by atoms with Crippen molar-refractivity contribution in [1.29, 1.82) is 0 Å². The zero-order valence-electron chi connectivity index (χ0n) is 17.2. The van der Waals surface area contributed by atoms with Gasteiger partial charge in [-0.25, -0.2) is 4.98 Å². The Hall–Kier alpha value is -3.16. The lowest BCUT2D eigenvalue weighted by Gasteiger charge is -2.12. The first-order chi connectivity index (χ1) is 13.9. The lowest BCUT2D eigenvalue weighted by Crippen LogP contribution is -2.23. The maximum atomic E-state index is 12.4. The Kier molecular flexibility index (Phi) is 6.31. The van der Waals surface area contributed by atoms with Gasteiger partial charge in [-0.15, -0.1) is 0 Å². The van der Waals surface area contributed by atoms with Gasteiger partial charge in [0.2, 0.25) is 0 Å². The summed E-state index contributed by atoms with van der Waals surface area (Å²) in [7, 11) is 1.72. The molecule has 0 saturated carbocycles. The molecule has 0 aliphatic rings. The lowest BCUT2D eigenvalue weighted by molar-refractivity contribution is -0.144. The second-order valence-corrected chi connectivity index (χ2v) is 7.24. The summed E-state index contributed by atoms with van der Waals surface area (Å²) < 4.78 is 13.8. The zero-order valence-corrected chi connectivity index (χ0v) is 17.2. The van der Waals surface area contributed by atoms with Crippen molar-refractivity contribution in [3.05, 3.63) is 52.2 Å². The summed E-state index contributed by atoms with van der Waals surface area (Å²) in [4.78, 5) is 28.5. The van der Waals surface area contributed by atoms with Gasteiger partial charge in [-0.3, -0.25) is 18.8 Å². The summed E-state index contributed by atoms with van der Waals surface area (Å²) in [6.07, 6.45) is 2.98. The standard InChI is InChI=1S/C21H26N4O4/c1-14(2)17-6-5-16(11-15(17)3)28-9-10-29-19(26)7-8-25-13-22-20-18(21(25)27)12-23-24(20)4/h5-6,11-14H,7-10H2,1-4H3. The minimum atomic E-state index is -0.391. The average molecular weight is 398 g/mol. The number of ether oxygens (including phenoxy) is 2. The monoisotopic (exact) mass is 398 g/mol. The third kappa shape index (κ3) is 4.82. The van der Waals surface area contributed by atoms with Gasteiger partial charge in [-0.05, 0) is 36.1 Å². The second kappa shape index (κ2) is 8.89. The maximum absolute atomic E-state index is 12.4. The van der Waals surface area contributed by atoms with Crippen molar-refractivity contribution in [3.8, 4) is 5.75 Å². The van der Waals surface area contributed by atoms with Crippen molar-refractivity contribution in [1.82, 2.24) is 19.3 Å². The van der Waals surface area contributed by atoms with E-state index in [0.717, 1.165) is 5.75 Å². The molecule has 8 heteroatoms. The van der Waals surface area contributed by atoms with Gasteiger partial charge in [0.1, 0.15) is 24.3 Å². The van der Waals surface area contributed by atoms with Gasteiger partial charge in [0.25, 0.3) is 5.56 Å². The molecule has 0 saturated heterocycles. The number of nitrogens with zero attached hydrogens (tertiary/aromatic N) is 4. The number of carbonyl (C=O) groups is 1. The largest absolute Gasteiger partial charge is 0.490 e. The van der Waals surface area contributed by atoms with Gasteiger partial charge in [0.15, 0.2) is 5.65 Å². The van der Waals surface area contributed by atoms with Gasteiger partial charge >= 0.3 is 5.97 Å². The van der Waals surface area contributed by atoms with Gasteiger partial charge in [0.05, 0.1) is 18.9 Å². The number of hydrogen-bond acceptors (Lipinski definition) is 6. The van der Waals surface area contributed by atoms with Gasteiger partial charge in [0, 0.05) is 13.6 Å². The Bertz CT molecular complexity index is 1070. The number of benzene rings is 1. The molecule has 1 aromatic carbocycles. The number of aryl methyl sites for hydroxylation is 3. The third-order valence-electron chi connectivity index (χ3n) is 4.75. The van der Waals surface area contributed by atoms with E-state index in [9.17, 15) is 9.59 Å². The normalized spacial score (nSPS) is 11.2. The number of esters is 1. The molecule has 0 atom stereocenters. The Labute approximate surface area is 169 Å². The molecule has 0 radical (unpaired) electrons. The molecule has 3 aromatic rings. The fourth-order valence-electron chi connectivity index (χ4n) is 3.21. The van der Waals surface area contributed by atoms with Crippen LogP contribution in [0.2, 0.25) is 0 Å². The molecule has 154 valence electrons. The van der Waals surface area contributed by atoms with Crippen LogP contribution in [-0.4, -0.2) is 38.5 Å². The van der Waals surface area contributed by atoms with Crippen LogP contribution in [0, 0.1) is 6.92 Å². The molecule has 0 aliphatic heterocycles. The molecule has 29 heavy (non-hydrogen) atoms. The summed E-state index contributed by atoms with van der Waals surface area (Å²) in [6, 6.07) is 5.98. The molecule has 0 aliphatic carbocycles. The van der Waals surface area contributed by atoms with Crippen LogP contribution in [0.1, 0.15) is 37.3 Å². The smallest absolute Gasteiger partial charge is 0.307 e. The summed E-state index contributed by atoms with van der Waals surface area (Å²) >= 11 is 0. The highest BCUT2D eigenvalue weighted by Crippen LogP contribution is 2.23. The van der Waals surface area contributed by atoms with Crippen molar-refractivity contribution in [2.45, 2.75) is 39.7 Å². The molecule has 0 bridgehead atoms. The van der Waals surface area contributed by atoms with Crippen LogP contribution in [-0.2, 0) is 23.1 Å². The van der Waals surface area contributed by atoms with E-state index in [4.69, 9.17) is 9.47 Å². The van der Waals surface area contributed by atoms with Gasteiger partial charge in [-0.1, -0.05) is 19.9 Å². The molecular weight excluding hydrogens is 372 g/mol. The molecule has 0 amide bonds. The topological polar surface area (TPSA) is 88.2 Å². The van der Waals surface area contributed by atoms with Crippen LogP contribution in [0.4, 0.5) is 0 Å². The first-order valence-corrected chi connectivity index (χ1v) is 9.63. The molecule has 0 unspecified atom stereocenters. The van der Waals surface area contributed by atoms with E-state index < -0.39 is 5.97 Å². The Morgan fingerprint density at radius 2 is 2.03 bits per heavy atom. The fraction of sp³-hybridized carbons (Fsp3) is 0.429. The van der Waals surface area contributed by atoms with Crippen LogP contribution in [0.25, 0.3) is 11.0 Å². The Balaban J connectivity index is 1.44. The van der Waals surface area contributed by atoms with Crippen molar-refractivity contribution in [2.24, 2.45) is 7.05 Å². The van der Waals surface area contributed by atoms with Gasteiger partial charge < -0.3 is 9.47 Å². The average Bonchev–Trinajstić information content (AvgIpc) is 3.06. The molecule has 0 N–H and O–H groups in total. The molecule has 3 rings (SSSR count).